The number of rotatable bonds is 4. The Morgan fingerprint density at radius 1 is 1.42 bits per heavy atom. The maximum atomic E-state index is 13.4. The van der Waals surface area contributed by atoms with Crippen molar-refractivity contribution in [2.75, 3.05) is 5.73 Å². The molecule has 102 valence electrons. The zero-order valence-electron chi connectivity index (χ0n) is 11.1. The number of halogens is 2. The van der Waals surface area contributed by atoms with Crippen molar-refractivity contribution in [1.82, 2.24) is 9.55 Å². The summed E-state index contributed by atoms with van der Waals surface area (Å²) in [5.74, 6) is 1.16. The average Bonchev–Trinajstić information content (AvgIpc) is 2.66. The Bertz CT molecular complexity index is 593. The number of nitrogen functional groups attached to an aromatic ring is 1. The molecule has 3 nitrogen and oxygen atoms in total. The molecule has 0 amide bonds. The number of imidazole rings is 1. The lowest BCUT2D eigenvalue weighted by Gasteiger charge is -2.07. The van der Waals surface area contributed by atoms with Crippen molar-refractivity contribution < 1.29 is 4.39 Å². The molecule has 2 N–H and O–H groups in total. The van der Waals surface area contributed by atoms with Gasteiger partial charge in [-0.25, -0.2) is 9.37 Å². The van der Waals surface area contributed by atoms with Gasteiger partial charge < -0.3 is 10.3 Å². The zero-order chi connectivity index (χ0) is 14.0. The summed E-state index contributed by atoms with van der Waals surface area (Å²) in [6, 6.07) is 4.53. The lowest BCUT2D eigenvalue weighted by Crippen LogP contribution is -2.05. The summed E-state index contributed by atoms with van der Waals surface area (Å²) >= 11 is 3.42. The first-order chi connectivity index (χ1) is 9.04. The Morgan fingerprint density at radius 3 is 2.84 bits per heavy atom. The molecule has 0 saturated carbocycles. The molecule has 0 fully saturated rings. The number of aryl methyl sites for hydroxylation is 1. The van der Waals surface area contributed by atoms with Crippen molar-refractivity contribution in [2.24, 2.45) is 0 Å². The van der Waals surface area contributed by atoms with Crippen molar-refractivity contribution in [2.45, 2.75) is 33.2 Å². The molecule has 19 heavy (non-hydrogen) atoms. The molecule has 1 aromatic carbocycles. The number of unbranched alkanes of at least 4 members (excludes halogenated alkanes) is 1. The van der Waals surface area contributed by atoms with Gasteiger partial charge in [-0.1, -0.05) is 29.3 Å². The minimum atomic E-state index is -0.293. The first-order valence-electron chi connectivity index (χ1n) is 6.32. The van der Waals surface area contributed by atoms with Crippen LogP contribution in [0.4, 0.5) is 10.2 Å². The zero-order valence-corrected chi connectivity index (χ0v) is 12.7. The lowest BCUT2D eigenvalue weighted by atomic mass is 10.1. The van der Waals surface area contributed by atoms with E-state index < -0.39 is 0 Å². The van der Waals surface area contributed by atoms with E-state index in [0.717, 1.165) is 29.7 Å². The molecule has 0 aliphatic carbocycles. The van der Waals surface area contributed by atoms with Crippen LogP contribution in [0.1, 0.15) is 25.6 Å². The molecule has 0 bridgehead atoms. The third-order valence-electron chi connectivity index (χ3n) is 3.12. The van der Waals surface area contributed by atoms with E-state index >= 15 is 0 Å². The maximum Gasteiger partial charge on any atom is 0.131 e. The van der Waals surface area contributed by atoms with Gasteiger partial charge in [-0.3, -0.25) is 0 Å². The number of hydrogen-bond acceptors (Lipinski definition) is 2. The van der Waals surface area contributed by atoms with E-state index in [1.807, 2.05) is 11.5 Å². The summed E-state index contributed by atoms with van der Waals surface area (Å²) in [5, 5.41) is 0. The number of nitrogens with two attached hydrogens (primary N) is 1. The SMILES string of the molecule is CCCCn1c(C)nc(-c2cc(F)ccc2Br)c1N. The van der Waals surface area contributed by atoms with Crippen molar-refractivity contribution in [3.63, 3.8) is 0 Å². The molecule has 0 spiro atoms. The molecule has 0 aliphatic heterocycles. The Kier molecular flexibility index (Phi) is 4.24. The van der Waals surface area contributed by atoms with Crippen LogP contribution in [0.2, 0.25) is 0 Å². The first-order valence-corrected chi connectivity index (χ1v) is 7.12. The summed E-state index contributed by atoms with van der Waals surface area (Å²) < 4.78 is 16.2. The minimum Gasteiger partial charge on any atom is -0.383 e. The maximum absolute atomic E-state index is 13.4. The van der Waals surface area contributed by atoms with Gasteiger partial charge in [-0.15, -0.1) is 0 Å². The molecule has 1 aromatic heterocycles. The Balaban J connectivity index is 2.48. The molecule has 5 heteroatoms. The monoisotopic (exact) mass is 325 g/mol. The van der Waals surface area contributed by atoms with Gasteiger partial charge in [-0.05, 0) is 31.5 Å². The van der Waals surface area contributed by atoms with Gasteiger partial charge >= 0.3 is 0 Å². The largest absolute Gasteiger partial charge is 0.383 e. The molecular weight excluding hydrogens is 309 g/mol. The van der Waals surface area contributed by atoms with E-state index in [-0.39, 0.29) is 5.82 Å². The van der Waals surface area contributed by atoms with Crippen LogP contribution in [0, 0.1) is 12.7 Å². The van der Waals surface area contributed by atoms with Gasteiger partial charge in [0.1, 0.15) is 23.2 Å². The second-order valence-corrected chi connectivity index (χ2v) is 5.38. The highest BCUT2D eigenvalue weighted by Crippen LogP contribution is 2.32. The van der Waals surface area contributed by atoms with Crippen molar-refractivity contribution in [3.05, 3.63) is 34.3 Å². The van der Waals surface area contributed by atoms with Gasteiger partial charge in [-0.2, -0.15) is 0 Å². The van der Waals surface area contributed by atoms with Crippen LogP contribution in [0.5, 0.6) is 0 Å². The molecule has 0 saturated heterocycles. The first kappa shape index (κ1) is 14.1. The molecule has 0 atom stereocenters. The quantitative estimate of drug-likeness (QED) is 0.917. The summed E-state index contributed by atoms with van der Waals surface area (Å²) in [7, 11) is 0. The van der Waals surface area contributed by atoms with E-state index in [2.05, 4.69) is 27.8 Å². The third kappa shape index (κ3) is 2.81. The highest BCUT2D eigenvalue weighted by molar-refractivity contribution is 9.10. The fourth-order valence-corrected chi connectivity index (χ4v) is 2.49. The van der Waals surface area contributed by atoms with Crippen LogP contribution in [0.15, 0.2) is 22.7 Å². The fraction of sp³-hybridized carbons (Fsp3) is 0.357. The molecule has 2 rings (SSSR count). The van der Waals surface area contributed by atoms with Crippen molar-refractivity contribution >= 4 is 21.7 Å². The van der Waals surface area contributed by atoms with Crippen molar-refractivity contribution in [3.8, 4) is 11.3 Å². The van der Waals surface area contributed by atoms with Crippen molar-refractivity contribution in [1.29, 1.82) is 0 Å². The number of nitrogens with zero attached hydrogens (tertiary/aromatic N) is 2. The van der Waals surface area contributed by atoms with Gasteiger partial charge in [0.15, 0.2) is 0 Å². The van der Waals surface area contributed by atoms with Gasteiger partial charge in [0.2, 0.25) is 0 Å². The van der Waals surface area contributed by atoms with Gasteiger partial charge in [0, 0.05) is 16.6 Å². The average molecular weight is 326 g/mol. The van der Waals surface area contributed by atoms with Crippen LogP contribution < -0.4 is 5.73 Å². The van der Waals surface area contributed by atoms with Crippen LogP contribution >= 0.6 is 15.9 Å². The Hall–Kier alpha value is -1.36. The molecule has 2 aromatic rings. The van der Waals surface area contributed by atoms with E-state index in [9.17, 15) is 4.39 Å². The fourth-order valence-electron chi connectivity index (χ4n) is 2.06. The predicted octanol–water partition coefficient (Wildman–Crippen LogP) is 4.14. The van der Waals surface area contributed by atoms with E-state index in [1.165, 1.54) is 12.1 Å². The number of anilines is 1. The standard InChI is InChI=1S/C14H17BrFN3/c1-3-4-7-19-9(2)18-13(14(19)17)11-8-10(16)5-6-12(11)15/h5-6,8H,3-4,7,17H2,1-2H3. The number of benzene rings is 1. The van der Waals surface area contributed by atoms with Crippen LogP contribution in [0.3, 0.4) is 0 Å². The van der Waals surface area contributed by atoms with Gasteiger partial charge in [0.05, 0.1) is 0 Å². The molecule has 1 heterocycles. The molecule has 0 unspecified atom stereocenters. The number of aromatic nitrogens is 2. The summed E-state index contributed by atoms with van der Waals surface area (Å²) in [4.78, 5) is 4.48. The highest BCUT2D eigenvalue weighted by atomic mass is 79.9. The second-order valence-electron chi connectivity index (χ2n) is 4.52. The highest BCUT2D eigenvalue weighted by Gasteiger charge is 2.16. The molecule has 0 radical (unpaired) electrons. The van der Waals surface area contributed by atoms with E-state index in [1.54, 1.807) is 6.07 Å². The number of hydrogen-bond donors (Lipinski definition) is 1. The summed E-state index contributed by atoms with van der Waals surface area (Å²) in [6.07, 6.45) is 2.14. The topological polar surface area (TPSA) is 43.8 Å². The van der Waals surface area contributed by atoms with Crippen LogP contribution in [0.25, 0.3) is 11.3 Å². The minimum absolute atomic E-state index is 0.293. The normalized spacial score (nSPS) is 10.9. The van der Waals surface area contributed by atoms with E-state index in [4.69, 9.17) is 5.73 Å². The Morgan fingerprint density at radius 2 is 2.16 bits per heavy atom. The van der Waals surface area contributed by atoms with Gasteiger partial charge in [0.25, 0.3) is 0 Å². The second kappa shape index (κ2) is 5.74. The smallest absolute Gasteiger partial charge is 0.131 e. The summed E-state index contributed by atoms with van der Waals surface area (Å²) in [5.41, 5.74) is 7.48. The third-order valence-corrected chi connectivity index (χ3v) is 3.81. The lowest BCUT2D eigenvalue weighted by molar-refractivity contribution is 0.622. The molecule has 0 aliphatic rings. The van der Waals surface area contributed by atoms with Crippen LogP contribution in [-0.2, 0) is 6.54 Å². The van der Waals surface area contributed by atoms with E-state index in [0.29, 0.717) is 17.1 Å². The predicted molar refractivity (Wildman–Crippen MR) is 79.4 cm³/mol. The Labute approximate surface area is 120 Å². The van der Waals surface area contributed by atoms with Crippen LogP contribution in [-0.4, -0.2) is 9.55 Å². The summed E-state index contributed by atoms with van der Waals surface area (Å²) in [6.45, 7) is 4.89. The molecular formula is C14H17BrFN3.